The number of carbonyl (C=O) groups is 2. The van der Waals surface area contributed by atoms with Crippen molar-refractivity contribution in [2.45, 2.75) is 38.1 Å². The summed E-state index contributed by atoms with van der Waals surface area (Å²) in [6.07, 6.45) is 3.98. The number of amides is 3. The first-order chi connectivity index (χ1) is 14.5. The molecule has 2 heterocycles. The Hall–Kier alpha value is -3.68. The number of carbonyl (C=O) groups excluding carboxylic acids is 2. The molecule has 3 amide bonds. The number of nitrogens with one attached hydrogen (secondary N) is 2. The summed E-state index contributed by atoms with van der Waals surface area (Å²) < 4.78 is 5.44. The molecule has 0 radical (unpaired) electrons. The summed E-state index contributed by atoms with van der Waals surface area (Å²) in [5.74, 6) is 0.350. The van der Waals surface area contributed by atoms with E-state index >= 15 is 0 Å². The van der Waals surface area contributed by atoms with E-state index in [4.69, 9.17) is 4.52 Å². The molecule has 0 saturated carbocycles. The van der Waals surface area contributed by atoms with Crippen LogP contribution in [-0.2, 0) is 23.2 Å². The molecule has 1 fully saturated rings. The van der Waals surface area contributed by atoms with Gasteiger partial charge >= 0.3 is 6.03 Å². The lowest BCUT2D eigenvalue weighted by Gasteiger charge is -2.21. The van der Waals surface area contributed by atoms with Crippen LogP contribution in [0.3, 0.4) is 0 Å². The standard InChI is InChI=1S/C22H20N4O4/c1-22(20(28)24-21(29)25-22)14-7-4-6-13(11-14)18-23-19(30-26-18)16-10-9-12-5-2-3-8-15(12)17(16)27/h4,6-7,9-11,27H,2-3,5,8H2,1H3,(H2,24,25,28,29). The number of urea groups is 1. The summed E-state index contributed by atoms with van der Waals surface area (Å²) in [6.45, 7) is 1.64. The Morgan fingerprint density at radius 3 is 2.77 bits per heavy atom. The van der Waals surface area contributed by atoms with Crippen LogP contribution in [0.25, 0.3) is 22.8 Å². The van der Waals surface area contributed by atoms with Gasteiger partial charge < -0.3 is 14.9 Å². The molecule has 3 N–H and O–H groups in total. The van der Waals surface area contributed by atoms with E-state index in [0.29, 0.717) is 22.5 Å². The van der Waals surface area contributed by atoms with Gasteiger partial charge in [0.15, 0.2) is 0 Å². The number of imide groups is 1. The fourth-order valence-electron chi connectivity index (χ4n) is 4.15. The van der Waals surface area contributed by atoms with Crippen LogP contribution in [0.2, 0.25) is 0 Å². The van der Waals surface area contributed by atoms with Crippen molar-refractivity contribution in [1.29, 1.82) is 0 Å². The molecule has 1 atom stereocenters. The van der Waals surface area contributed by atoms with Gasteiger partial charge in [-0.25, -0.2) is 4.79 Å². The molecule has 152 valence electrons. The minimum atomic E-state index is -1.17. The zero-order valence-electron chi connectivity index (χ0n) is 16.4. The smallest absolute Gasteiger partial charge is 0.322 e. The molecular weight excluding hydrogens is 384 g/mol. The highest BCUT2D eigenvalue weighted by atomic mass is 16.5. The molecule has 1 saturated heterocycles. The molecule has 1 aliphatic heterocycles. The van der Waals surface area contributed by atoms with Crippen LogP contribution in [0.4, 0.5) is 4.79 Å². The van der Waals surface area contributed by atoms with Crippen molar-refractivity contribution in [3.8, 4) is 28.6 Å². The third-order valence-electron chi connectivity index (χ3n) is 5.90. The lowest BCUT2D eigenvalue weighted by atomic mass is 9.89. The van der Waals surface area contributed by atoms with Crippen LogP contribution < -0.4 is 10.6 Å². The van der Waals surface area contributed by atoms with Gasteiger partial charge in [-0.1, -0.05) is 29.4 Å². The Morgan fingerprint density at radius 2 is 1.97 bits per heavy atom. The van der Waals surface area contributed by atoms with E-state index in [-0.39, 0.29) is 11.6 Å². The number of phenolic OH excluding ortho intramolecular Hbond substituents is 1. The Labute approximate surface area is 172 Å². The monoisotopic (exact) mass is 404 g/mol. The van der Waals surface area contributed by atoms with E-state index in [2.05, 4.69) is 20.8 Å². The largest absolute Gasteiger partial charge is 0.507 e. The van der Waals surface area contributed by atoms with Crippen LogP contribution >= 0.6 is 0 Å². The highest BCUT2D eigenvalue weighted by molar-refractivity contribution is 6.07. The molecule has 0 spiro atoms. The molecule has 8 heteroatoms. The summed E-state index contributed by atoms with van der Waals surface area (Å²) in [7, 11) is 0. The lowest BCUT2D eigenvalue weighted by Crippen LogP contribution is -2.40. The topological polar surface area (TPSA) is 117 Å². The number of hydrogen-bond acceptors (Lipinski definition) is 6. The number of aromatic nitrogens is 2. The maximum Gasteiger partial charge on any atom is 0.322 e. The molecule has 2 aliphatic rings. The molecule has 30 heavy (non-hydrogen) atoms. The quantitative estimate of drug-likeness (QED) is 0.578. The average Bonchev–Trinajstić information content (AvgIpc) is 3.33. The van der Waals surface area contributed by atoms with Crippen molar-refractivity contribution >= 4 is 11.9 Å². The summed E-state index contributed by atoms with van der Waals surface area (Å²) in [4.78, 5) is 28.3. The second-order valence-corrected chi connectivity index (χ2v) is 7.84. The van der Waals surface area contributed by atoms with Gasteiger partial charge in [-0.05, 0) is 61.4 Å². The molecular formula is C22H20N4O4. The van der Waals surface area contributed by atoms with Crippen molar-refractivity contribution in [2.24, 2.45) is 0 Å². The number of benzene rings is 2. The SMILES string of the molecule is CC1(c2cccc(-c3noc(-c4ccc5c(c4O)CCCC5)n3)c2)NC(=O)NC1=O. The van der Waals surface area contributed by atoms with Crippen molar-refractivity contribution in [1.82, 2.24) is 20.8 Å². The van der Waals surface area contributed by atoms with Crippen LogP contribution in [0, 0.1) is 0 Å². The van der Waals surface area contributed by atoms with Gasteiger partial charge in [-0.15, -0.1) is 0 Å². The Bertz CT molecular complexity index is 1190. The number of hydrogen-bond donors (Lipinski definition) is 3. The van der Waals surface area contributed by atoms with E-state index in [9.17, 15) is 14.7 Å². The van der Waals surface area contributed by atoms with Crippen LogP contribution in [-0.4, -0.2) is 27.2 Å². The second-order valence-electron chi connectivity index (χ2n) is 7.84. The lowest BCUT2D eigenvalue weighted by molar-refractivity contribution is -0.123. The summed E-state index contributed by atoms with van der Waals surface area (Å²) in [6, 6.07) is 10.3. The molecule has 1 aromatic heterocycles. The Morgan fingerprint density at radius 1 is 1.13 bits per heavy atom. The number of aromatic hydroxyl groups is 1. The normalized spacial score (nSPS) is 20.6. The van der Waals surface area contributed by atoms with Crippen molar-refractivity contribution in [3.05, 3.63) is 53.1 Å². The molecule has 0 bridgehead atoms. The Balaban J connectivity index is 1.50. The summed E-state index contributed by atoms with van der Waals surface area (Å²) in [5, 5.41) is 19.7. The van der Waals surface area contributed by atoms with Crippen LogP contribution in [0.15, 0.2) is 40.9 Å². The first-order valence-electron chi connectivity index (χ1n) is 9.88. The van der Waals surface area contributed by atoms with Crippen molar-refractivity contribution < 1.29 is 19.2 Å². The Kier molecular flexibility index (Phi) is 4.09. The number of phenols is 1. The maximum absolute atomic E-state index is 12.2. The number of aryl methyl sites for hydroxylation is 1. The molecule has 8 nitrogen and oxygen atoms in total. The van der Waals surface area contributed by atoms with Gasteiger partial charge in [-0.3, -0.25) is 10.1 Å². The van der Waals surface area contributed by atoms with Crippen LogP contribution in [0.1, 0.15) is 36.5 Å². The predicted octanol–water partition coefficient (Wildman–Crippen LogP) is 3.04. The highest BCUT2D eigenvalue weighted by Gasteiger charge is 2.43. The van der Waals surface area contributed by atoms with E-state index in [1.165, 1.54) is 5.56 Å². The van der Waals surface area contributed by atoms with Crippen molar-refractivity contribution in [2.75, 3.05) is 0 Å². The minimum Gasteiger partial charge on any atom is -0.507 e. The van der Waals surface area contributed by atoms with Gasteiger partial charge in [0, 0.05) is 5.56 Å². The molecule has 2 aromatic carbocycles. The predicted molar refractivity (Wildman–Crippen MR) is 108 cm³/mol. The van der Waals surface area contributed by atoms with E-state index in [1.807, 2.05) is 12.1 Å². The third kappa shape index (κ3) is 2.83. The summed E-state index contributed by atoms with van der Waals surface area (Å²) in [5.41, 5.74) is 2.70. The fraction of sp³-hybridized carbons (Fsp3) is 0.273. The van der Waals surface area contributed by atoms with Gasteiger partial charge in [0.25, 0.3) is 11.8 Å². The number of rotatable bonds is 3. The molecule has 1 unspecified atom stereocenters. The average molecular weight is 404 g/mol. The van der Waals surface area contributed by atoms with E-state index < -0.39 is 17.5 Å². The van der Waals surface area contributed by atoms with Gasteiger partial charge in [0.2, 0.25) is 5.82 Å². The number of nitrogens with zero attached hydrogens (tertiary/aromatic N) is 2. The molecule has 3 aromatic rings. The van der Waals surface area contributed by atoms with Gasteiger partial charge in [0.1, 0.15) is 11.3 Å². The van der Waals surface area contributed by atoms with Crippen LogP contribution in [0.5, 0.6) is 5.75 Å². The third-order valence-corrected chi connectivity index (χ3v) is 5.90. The van der Waals surface area contributed by atoms with Gasteiger partial charge in [-0.2, -0.15) is 4.98 Å². The van der Waals surface area contributed by atoms with Gasteiger partial charge in [0.05, 0.1) is 5.56 Å². The molecule has 5 rings (SSSR count). The highest BCUT2D eigenvalue weighted by Crippen LogP contribution is 2.37. The summed E-state index contributed by atoms with van der Waals surface area (Å²) >= 11 is 0. The fourth-order valence-corrected chi connectivity index (χ4v) is 4.15. The zero-order valence-corrected chi connectivity index (χ0v) is 16.4. The first-order valence-corrected chi connectivity index (χ1v) is 9.88. The van der Waals surface area contributed by atoms with E-state index in [1.54, 1.807) is 31.2 Å². The second kappa shape index (κ2) is 6.69. The maximum atomic E-state index is 12.2. The van der Waals surface area contributed by atoms with Crippen molar-refractivity contribution in [3.63, 3.8) is 0 Å². The number of fused-ring (bicyclic) bond motifs is 1. The molecule has 1 aliphatic carbocycles. The minimum absolute atomic E-state index is 0.203. The zero-order chi connectivity index (χ0) is 20.9. The first kappa shape index (κ1) is 18.4. The van der Waals surface area contributed by atoms with E-state index in [0.717, 1.165) is 31.2 Å².